The van der Waals surface area contributed by atoms with Gasteiger partial charge in [0.25, 0.3) is 0 Å². The smallest absolute Gasteiger partial charge is 0.416 e. The maximum absolute atomic E-state index is 12.6. The van der Waals surface area contributed by atoms with Gasteiger partial charge in [-0.25, -0.2) is 9.97 Å². The molecule has 10 heteroatoms. The second-order valence-corrected chi connectivity index (χ2v) is 10.5. The summed E-state index contributed by atoms with van der Waals surface area (Å²) in [5, 5.41) is 3.11. The standard InChI is InChI=1S/C21H22F3N3O2S2/c1-20(2,3)9-15-10-25-17(29-15)12-30-18-11-26-19(31-18)27-16(28)8-13-4-6-14(7-5-13)21(22,23)24/h4-7,10-11H,8-9,12H2,1-3H3,(H,26,27,28). The zero-order valence-electron chi connectivity index (χ0n) is 17.2. The van der Waals surface area contributed by atoms with Gasteiger partial charge in [-0.05, 0) is 23.1 Å². The van der Waals surface area contributed by atoms with E-state index in [0.717, 1.165) is 28.5 Å². The summed E-state index contributed by atoms with van der Waals surface area (Å²) in [6.45, 7) is 6.40. The monoisotopic (exact) mass is 469 g/mol. The van der Waals surface area contributed by atoms with Crippen molar-refractivity contribution in [2.45, 2.75) is 49.8 Å². The molecule has 0 saturated carbocycles. The molecule has 0 spiro atoms. The summed E-state index contributed by atoms with van der Waals surface area (Å²) < 4.78 is 44.5. The van der Waals surface area contributed by atoms with Gasteiger partial charge in [0, 0.05) is 6.42 Å². The van der Waals surface area contributed by atoms with Crippen LogP contribution in [-0.2, 0) is 29.6 Å². The van der Waals surface area contributed by atoms with Crippen LogP contribution in [0.15, 0.2) is 45.3 Å². The molecule has 166 valence electrons. The molecular weight excluding hydrogens is 447 g/mol. The Morgan fingerprint density at radius 3 is 2.48 bits per heavy atom. The van der Waals surface area contributed by atoms with Gasteiger partial charge < -0.3 is 9.73 Å². The molecule has 2 heterocycles. The molecule has 3 aromatic rings. The van der Waals surface area contributed by atoms with Gasteiger partial charge >= 0.3 is 6.18 Å². The number of carbonyl (C=O) groups excluding carboxylic acids is 1. The molecule has 3 rings (SSSR count). The van der Waals surface area contributed by atoms with E-state index >= 15 is 0 Å². The van der Waals surface area contributed by atoms with Crippen LogP contribution in [0.25, 0.3) is 0 Å². The number of thiazole rings is 1. The van der Waals surface area contributed by atoms with Crippen LogP contribution >= 0.6 is 23.1 Å². The number of alkyl halides is 3. The molecule has 0 atom stereocenters. The Morgan fingerprint density at radius 1 is 1.13 bits per heavy atom. The van der Waals surface area contributed by atoms with Gasteiger partial charge in [0.15, 0.2) is 5.13 Å². The number of nitrogens with zero attached hydrogens (tertiary/aromatic N) is 2. The number of hydrogen-bond donors (Lipinski definition) is 1. The number of aromatic nitrogens is 2. The molecule has 0 radical (unpaired) electrons. The van der Waals surface area contributed by atoms with Crippen LogP contribution in [0.5, 0.6) is 0 Å². The highest BCUT2D eigenvalue weighted by Crippen LogP contribution is 2.32. The van der Waals surface area contributed by atoms with Gasteiger partial charge in [-0.1, -0.05) is 44.2 Å². The van der Waals surface area contributed by atoms with Crippen molar-refractivity contribution in [3.63, 3.8) is 0 Å². The molecule has 0 aliphatic carbocycles. The third kappa shape index (κ3) is 7.39. The summed E-state index contributed by atoms with van der Waals surface area (Å²) in [5.74, 6) is 1.69. The number of hydrogen-bond acceptors (Lipinski definition) is 6. The topological polar surface area (TPSA) is 68.0 Å². The number of benzene rings is 1. The minimum absolute atomic E-state index is 0.0347. The maximum Gasteiger partial charge on any atom is 0.416 e. The molecule has 31 heavy (non-hydrogen) atoms. The number of rotatable bonds is 7. The van der Waals surface area contributed by atoms with Crippen molar-refractivity contribution < 1.29 is 22.4 Å². The first kappa shape index (κ1) is 23.3. The molecule has 1 aromatic carbocycles. The fourth-order valence-corrected chi connectivity index (χ4v) is 4.44. The Hall–Kier alpha value is -2.33. The van der Waals surface area contributed by atoms with E-state index in [4.69, 9.17) is 4.42 Å². The second-order valence-electron chi connectivity index (χ2n) is 8.15. The highest BCUT2D eigenvalue weighted by molar-refractivity contribution is 8.00. The predicted molar refractivity (Wildman–Crippen MR) is 115 cm³/mol. The quantitative estimate of drug-likeness (QED) is 0.417. The minimum atomic E-state index is -4.39. The molecule has 2 aromatic heterocycles. The summed E-state index contributed by atoms with van der Waals surface area (Å²) in [4.78, 5) is 20.6. The van der Waals surface area contributed by atoms with Crippen LogP contribution < -0.4 is 5.32 Å². The number of anilines is 1. The van der Waals surface area contributed by atoms with Crippen LogP contribution in [-0.4, -0.2) is 15.9 Å². The number of oxazole rings is 1. The Morgan fingerprint density at radius 2 is 1.84 bits per heavy atom. The van der Waals surface area contributed by atoms with Crippen molar-refractivity contribution in [2.75, 3.05) is 5.32 Å². The Bertz CT molecular complexity index is 1020. The van der Waals surface area contributed by atoms with Crippen molar-refractivity contribution in [3.8, 4) is 0 Å². The van der Waals surface area contributed by atoms with Crippen LogP contribution in [0, 0.1) is 5.41 Å². The molecule has 0 unspecified atom stereocenters. The van der Waals surface area contributed by atoms with Gasteiger partial charge in [-0.15, -0.1) is 11.8 Å². The molecule has 0 aliphatic heterocycles. The van der Waals surface area contributed by atoms with Crippen molar-refractivity contribution in [1.82, 2.24) is 9.97 Å². The van der Waals surface area contributed by atoms with Crippen LogP contribution in [0.3, 0.4) is 0 Å². The molecule has 0 fully saturated rings. The Labute approximate surface area is 186 Å². The summed E-state index contributed by atoms with van der Waals surface area (Å²) in [7, 11) is 0. The lowest BCUT2D eigenvalue weighted by molar-refractivity contribution is -0.137. The molecular formula is C21H22F3N3O2S2. The number of amides is 1. The SMILES string of the molecule is CC(C)(C)Cc1cnc(CSc2cnc(NC(=O)Cc3ccc(C(F)(F)F)cc3)s2)o1. The largest absolute Gasteiger partial charge is 0.445 e. The second kappa shape index (κ2) is 9.44. The van der Waals surface area contributed by atoms with E-state index in [0.29, 0.717) is 22.3 Å². The fourth-order valence-electron chi connectivity index (χ4n) is 2.70. The van der Waals surface area contributed by atoms with E-state index in [9.17, 15) is 18.0 Å². The van der Waals surface area contributed by atoms with Gasteiger partial charge in [0.2, 0.25) is 11.8 Å². The van der Waals surface area contributed by atoms with Gasteiger partial charge in [-0.3, -0.25) is 4.79 Å². The fraction of sp³-hybridized carbons (Fsp3) is 0.381. The molecule has 0 bridgehead atoms. The normalized spacial score (nSPS) is 12.2. The highest BCUT2D eigenvalue weighted by atomic mass is 32.2. The maximum atomic E-state index is 12.6. The van der Waals surface area contributed by atoms with Gasteiger partial charge in [-0.2, -0.15) is 13.2 Å². The van der Waals surface area contributed by atoms with E-state index < -0.39 is 11.7 Å². The third-order valence-electron chi connectivity index (χ3n) is 4.02. The van der Waals surface area contributed by atoms with E-state index in [1.54, 1.807) is 12.4 Å². The first-order chi connectivity index (χ1) is 14.5. The molecule has 1 amide bonds. The van der Waals surface area contributed by atoms with E-state index in [1.807, 2.05) is 0 Å². The average molecular weight is 470 g/mol. The molecule has 5 nitrogen and oxygen atoms in total. The number of halogens is 3. The van der Waals surface area contributed by atoms with Crippen molar-refractivity contribution in [1.29, 1.82) is 0 Å². The number of thioether (sulfide) groups is 1. The molecule has 1 N–H and O–H groups in total. The van der Waals surface area contributed by atoms with Crippen LogP contribution in [0.1, 0.15) is 43.5 Å². The average Bonchev–Trinajstić information content (AvgIpc) is 3.27. The minimum Gasteiger partial charge on any atom is -0.445 e. The van der Waals surface area contributed by atoms with Crippen molar-refractivity contribution >= 4 is 34.1 Å². The summed E-state index contributed by atoms with van der Waals surface area (Å²) in [6.07, 6.45) is -0.217. The first-order valence-electron chi connectivity index (χ1n) is 9.46. The van der Waals surface area contributed by atoms with Crippen molar-refractivity contribution in [3.05, 3.63) is 59.4 Å². The van der Waals surface area contributed by atoms with E-state index in [1.165, 1.54) is 35.2 Å². The Kier molecular flexibility index (Phi) is 7.10. The summed E-state index contributed by atoms with van der Waals surface area (Å²) >= 11 is 2.82. The lowest BCUT2D eigenvalue weighted by Crippen LogP contribution is -2.14. The van der Waals surface area contributed by atoms with Crippen molar-refractivity contribution in [2.24, 2.45) is 5.41 Å². The third-order valence-corrected chi connectivity index (χ3v) is 6.11. The lowest BCUT2D eigenvalue weighted by Gasteiger charge is -2.15. The van der Waals surface area contributed by atoms with Gasteiger partial charge in [0.1, 0.15) is 5.76 Å². The number of nitrogens with one attached hydrogen (secondary N) is 1. The predicted octanol–water partition coefficient (Wildman–Crippen LogP) is 6.21. The number of carbonyl (C=O) groups is 1. The molecule has 0 saturated heterocycles. The lowest BCUT2D eigenvalue weighted by atomic mass is 9.91. The van der Waals surface area contributed by atoms with Crippen LogP contribution in [0.4, 0.5) is 18.3 Å². The Balaban J connectivity index is 1.49. The summed E-state index contributed by atoms with van der Waals surface area (Å²) in [6, 6.07) is 4.54. The van der Waals surface area contributed by atoms with E-state index in [2.05, 4.69) is 36.1 Å². The van der Waals surface area contributed by atoms with Gasteiger partial charge in [0.05, 0.1) is 34.3 Å². The first-order valence-corrected chi connectivity index (χ1v) is 11.3. The summed E-state index contributed by atoms with van der Waals surface area (Å²) in [5.41, 5.74) is -0.129. The van der Waals surface area contributed by atoms with E-state index in [-0.39, 0.29) is 17.7 Å². The zero-order valence-corrected chi connectivity index (χ0v) is 18.9. The highest BCUT2D eigenvalue weighted by Gasteiger charge is 2.30. The molecule has 0 aliphatic rings. The zero-order chi connectivity index (χ0) is 22.6. The van der Waals surface area contributed by atoms with Crippen LogP contribution in [0.2, 0.25) is 0 Å².